The number of allylic oxidation sites excluding steroid dienone is 1. The Bertz CT molecular complexity index is 1170. The Balaban J connectivity index is 1.85. The molecule has 36 heavy (non-hydrogen) atoms. The van der Waals surface area contributed by atoms with E-state index in [0.29, 0.717) is 0 Å². The molecule has 0 aromatic rings. The Labute approximate surface area is 211 Å². The van der Waals surface area contributed by atoms with Crippen molar-refractivity contribution in [3.05, 3.63) is 34.2 Å². The summed E-state index contributed by atoms with van der Waals surface area (Å²) in [5, 5.41) is 21.0. The van der Waals surface area contributed by atoms with Crippen molar-refractivity contribution in [2.75, 3.05) is 0 Å². The first-order chi connectivity index (χ1) is 16.7. The lowest BCUT2D eigenvalue weighted by Crippen LogP contribution is -2.62. The van der Waals surface area contributed by atoms with Gasteiger partial charge in [-0.05, 0) is 6.08 Å². The summed E-state index contributed by atoms with van der Waals surface area (Å²) in [6.45, 7) is 1.38. The maximum atomic E-state index is 12.3. The molecule has 0 aromatic carbocycles. The molecule has 3 atom stereocenters. The summed E-state index contributed by atoms with van der Waals surface area (Å²) in [7, 11) is -3.74. The Morgan fingerprint density at radius 1 is 1.17 bits per heavy atom. The molecule has 0 aromatic heterocycles. The van der Waals surface area contributed by atoms with E-state index in [1.807, 2.05) is 0 Å². The van der Waals surface area contributed by atoms with E-state index in [2.05, 4.69) is 0 Å². The van der Waals surface area contributed by atoms with Gasteiger partial charge in [0.15, 0.2) is 0 Å². The molecule has 3 rings (SSSR count). The molecule has 2 N–H and O–H groups in total. The van der Waals surface area contributed by atoms with Crippen LogP contribution in [0, 0.1) is 10.1 Å². The van der Waals surface area contributed by atoms with Gasteiger partial charge in [-0.25, -0.2) is 9.69 Å². The van der Waals surface area contributed by atoms with Crippen molar-refractivity contribution in [3.63, 3.8) is 0 Å². The van der Waals surface area contributed by atoms with Gasteiger partial charge >= 0.3 is 16.1 Å². The van der Waals surface area contributed by atoms with E-state index in [-0.39, 0.29) is 17.7 Å². The van der Waals surface area contributed by atoms with Crippen molar-refractivity contribution in [1.29, 1.82) is 0 Å². The average Bonchev–Trinajstić information content (AvgIpc) is 3.29. The molecule has 0 radical (unpaired) electrons. The topological polar surface area (TPSA) is 213 Å². The van der Waals surface area contributed by atoms with E-state index in [4.69, 9.17) is 0 Å². The largest absolute Gasteiger partial charge is 0.479 e. The smallest absolute Gasteiger partial charge is 0.348 e. The van der Waals surface area contributed by atoms with Gasteiger partial charge in [-0.2, -0.15) is 13.4 Å². The predicted molar refractivity (Wildman–Crippen MR) is 123 cm³/mol. The summed E-state index contributed by atoms with van der Waals surface area (Å²) in [5.41, 5.74) is -0.403. The van der Waals surface area contributed by atoms with Gasteiger partial charge in [0.25, 0.3) is 10.6 Å². The molecule has 3 unspecified atom stereocenters. The summed E-state index contributed by atoms with van der Waals surface area (Å²) >= 11 is 0. The number of hydrogen-bond acceptors (Lipinski definition) is 12. The number of carboxylic acids is 1. The number of carbonyl (C=O) groups excluding carboxylic acids is 4. The SMILES string of the molecule is CC(CC(C(=O)O)(N1C(=O)CCC1=O)S(=O)(=O)O)SSC1C=CC([N+](=O)[O-])=CN1N1C(=O)CCC1=O. The molecule has 0 saturated carbocycles. The molecule has 0 bridgehead atoms. The Kier molecular flexibility index (Phi) is 7.82. The minimum Gasteiger partial charge on any atom is -0.479 e. The lowest BCUT2D eigenvalue weighted by molar-refractivity contribution is -0.420. The number of amides is 4. The van der Waals surface area contributed by atoms with Crippen LogP contribution in [0.15, 0.2) is 24.0 Å². The van der Waals surface area contributed by atoms with Crippen LogP contribution < -0.4 is 0 Å². The van der Waals surface area contributed by atoms with Crippen molar-refractivity contribution in [3.8, 4) is 0 Å². The quantitative estimate of drug-likeness (QED) is 0.120. The Morgan fingerprint density at radius 2 is 1.69 bits per heavy atom. The molecule has 0 spiro atoms. The Hall–Kier alpha value is -2.96. The Morgan fingerprint density at radius 3 is 2.17 bits per heavy atom. The van der Waals surface area contributed by atoms with Crippen LogP contribution >= 0.6 is 21.6 Å². The van der Waals surface area contributed by atoms with Gasteiger partial charge in [0.05, 0.1) is 4.92 Å². The molecule has 2 saturated heterocycles. The number of likely N-dealkylation sites (tertiary alicyclic amines) is 1. The van der Waals surface area contributed by atoms with Crippen LogP contribution in [0.2, 0.25) is 0 Å². The van der Waals surface area contributed by atoms with Crippen LogP contribution in [0.4, 0.5) is 0 Å². The summed E-state index contributed by atoms with van der Waals surface area (Å²) < 4.78 is 34.3. The first-order valence-corrected chi connectivity index (χ1v) is 14.0. The first-order valence-electron chi connectivity index (χ1n) is 10.3. The highest BCUT2D eigenvalue weighted by Gasteiger charge is 2.61. The third-order valence-electron chi connectivity index (χ3n) is 5.48. The first kappa shape index (κ1) is 27.6. The molecule has 3 heterocycles. The molecule has 3 aliphatic rings. The van der Waals surface area contributed by atoms with Crippen LogP contribution in [-0.2, 0) is 34.1 Å². The molecular weight excluding hydrogens is 544 g/mol. The van der Waals surface area contributed by atoms with Crippen molar-refractivity contribution in [2.24, 2.45) is 0 Å². The van der Waals surface area contributed by atoms with E-state index < -0.39 is 85.1 Å². The number of nitrogens with zero attached hydrogens (tertiary/aromatic N) is 4. The van der Waals surface area contributed by atoms with E-state index in [1.165, 1.54) is 13.0 Å². The zero-order valence-corrected chi connectivity index (χ0v) is 21.0. The zero-order valence-electron chi connectivity index (χ0n) is 18.5. The van der Waals surface area contributed by atoms with Gasteiger partial charge in [-0.3, -0.25) is 38.9 Å². The van der Waals surface area contributed by atoms with Crippen LogP contribution in [0.25, 0.3) is 0 Å². The van der Waals surface area contributed by atoms with E-state index >= 15 is 0 Å². The lowest BCUT2D eigenvalue weighted by Gasteiger charge is -2.36. The van der Waals surface area contributed by atoms with Gasteiger partial charge in [-0.1, -0.05) is 28.5 Å². The lowest BCUT2D eigenvalue weighted by atomic mass is 10.1. The molecule has 0 aliphatic carbocycles. The van der Waals surface area contributed by atoms with Gasteiger partial charge in [0.1, 0.15) is 11.6 Å². The highest BCUT2D eigenvalue weighted by atomic mass is 33.1. The fourth-order valence-corrected chi connectivity index (χ4v) is 7.65. The van der Waals surface area contributed by atoms with Crippen molar-refractivity contribution in [2.45, 2.75) is 54.5 Å². The number of aliphatic carboxylic acids is 1. The summed E-state index contributed by atoms with van der Waals surface area (Å²) in [6.07, 6.45) is 1.57. The zero-order chi connectivity index (χ0) is 27.0. The van der Waals surface area contributed by atoms with Gasteiger partial charge in [0.2, 0.25) is 23.6 Å². The van der Waals surface area contributed by atoms with Crippen LogP contribution in [0.3, 0.4) is 0 Å². The number of rotatable bonds is 10. The van der Waals surface area contributed by atoms with Crippen LogP contribution in [0.1, 0.15) is 39.0 Å². The molecule has 4 amide bonds. The van der Waals surface area contributed by atoms with E-state index in [1.54, 1.807) is 0 Å². The second-order valence-electron chi connectivity index (χ2n) is 7.93. The van der Waals surface area contributed by atoms with Crippen LogP contribution in [-0.4, -0.2) is 83.0 Å². The van der Waals surface area contributed by atoms with Crippen molar-refractivity contribution >= 4 is 61.3 Å². The second kappa shape index (κ2) is 10.2. The summed E-state index contributed by atoms with van der Waals surface area (Å²) in [6, 6.07) is 0. The fraction of sp³-hybridized carbons (Fsp3) is 0.500. The van der Waals surface area contributed by atoms with Crippen molar-refractivity contribution < 1.29 is 47.0 Å². The predicted octanol–water partition coefficient (Wildman–Crippen LogP) is 0.344. The van der Waals surface area contributed by atoms with Crippen LogP contribution in [0.5, 0.6) is 0 Å². The van der Waals surface area contributed by atoms with Gasteiger partial charge in [-0.15, -0.1) is 0 Å². The normalized spacial score (nSPS) is 23.2. The average molecular weight is 565 g/mol. The molecule has 196 valence electrons. The second-order valence-corrected chi connectivity index (χ2v) is 12.4. The minimum absolute atomic E-state index is 0.0624. The number of hydrogen-bond donors (Lipinski definition) is 2. The molecule has 18 heteroatoms. The maximum absolute atomic E-state index is 12.3. The molecule has 3 aliphatic heterocycles. The number of imide groups is 2. The standard InChI is InChI=1S/C18H20N4O11S3/c1-10(8-18(17(27)28,36(31,32)33)20-12(23)3-4-13(20)24)34-35-16-7-2-11(22(29)30)9-19(16)21-14(25)5-6-15(21)26/h2,7,9-10,16H,3-6,8H2,1H3,(H,27,28)(H,31,32,33). The number of nitro groups is 1. The molecule has 2 fully saturated rings. The maximum Gasteiger partial charge on any atom is 0.348 e. The highest BCUT2D eigenvalue weighted by Crippen LogP contribution is 2.42. The third-order valence-corrected chi connectivity index (χ3v) is 9.94. The van der Waals surface area contributed by atoms with Gasteiger partial charge in [0, 0.05) is 43.4 Å². The summed E-state index contributed by atoms with van der Waals surface area (Å²) in [4.78, 5) is 68.3. The monoisotopic (exact) mass is 564 g/mol. The molecule has 15 nitrogen and oxygen atoms in total. The fourth-order valence-electron chi connectivity index (χ4n) is 3.86. The van der Waals surface area contributed by atoms with Gasteiger partial charge < -0.3 is 5.11 Å². The van der Waals surface area contributed by atoms with E-state index in [9.17, 15) is 52.2 Å². The van der Waals surface area contributed by atoms with Crippen molar-refractivity contribution in [1.82, 2.24) is 14.9 Å². The minimum atomic E-state index is -5.51. The third kappa shape index (κ3) is 4.97. The van der Waals surface area contributed by atoms with E-state index in [0.717, 1.165) is 43.9 Å². The summed E-state index contributed by atoms with van der Waals surface area (Å²) in [5.74, 6) is -5.40. The number of hydrazine groups is 1. The molecular formula is C18H20N4O11S3. The number of carboxylic acid groups (broad SMARTS) is 1. The number of carbonyl (C=O) groups is 5. The highest BCUT2D eigenvalue weighted by molar-refractivity contribution is 8.77.